The molecule has 3 fully saturated rings. The molecule has 0 radical (unpaired) electrons. The highest BCUT2D eigenvalue weighted by Gasteiger charge is 2.55. The number of azide groups is 1. The van der Waals surface area contributed by atoms with E-state index >= 15 is 0 Å². The summed E-state index contributed by atoms with van der Waals surface area (Å²) in [5.41, 5.74) is 9.03. The maximum Gasteiger partial charge on any atom is 0.331 e. The molecule has 2 heterocycles. The van der Waals surface area contributed by atoms with Gasteiger partial charge in [0.2, 0.25) is 0 Å². The number of carbonyl (C=O) groups excluding carboxylic acids is 1. The van der Waals surface area contributed by atoms with E-state index in [1.165, 1.54) is 0 Å². The zero-order chi connectivity index (χ0) is 26.8. The molecule has 0 aromatic carbocycles. The Labute approximate surface area is 222 Å². The number of rotatable bonds is 9. The average molecular weight is 518 g/mol. The lowest BCUT2D eigenvalue weighted by molar-refractivity contribution is -0.222. The summed E-state index contributed by atoms with van der Waals surface area (Å²) in [6.45, 7) is 11.3. The van der Waals surface area contributed by atoms with Gasteiger partial charge < -0.3 is 19.3 Å². The third-order valence-electron chi connectivity index (χ3n) is 10.8. The quantitative estimate of drug-likeness (QED) is 0.160. The van der Waals surface area contributed by atoms with E-state index < -0.39 is 5.60 Å². The third-order valence-corrected chi connectivity index (χ3v) is 10.8. The Kier molecular flexibility index (Phi) is 8.64. The van der Waals surface area contributed by atoms with E-state index in [9.17, 15) is 9.90 Å². The predicted octanol–water partition coefficient (Wildman–Crippen LogP) is 6.61. The topological polar surface area (TPSA) is 114 Å². The second kappa shape index (κ2) is 11.3. The second-order valence-electron chi connectivity index (χ2n) is 12.9. The number of ether oxygens (including phenoxy) is 3. The van der Waals surface area contributed by atoms with Gasteiger partial charge in [0, 0.05) is 16.4 Å². The number of cyclic esters (lactones) is 1. The second-order valence-corrected chi connectivity index (χ2v) is 12.9. The largest absolute Gasteiger partial charge is 0.458 e. The molecule has 4 aliphatic rings. The number of aliphatic hydroxyl groups is 1. The molecule has 8 heteroatoms. The lowest BCUT2D eigenvalue weighted by Gasteiger charge is -2.47. The molecule has 0 aromatic heterocycles. The summed E-state index contributed by atoms with van der Waals surface area (Å²) in [7, 11) is 0. The summed E-state index contributed by atoms with van der Waals surface area (Å²) in [4.78, 5) is 14.7. The van der Waals surface area contributed by atoms with Crippen molar-refractivity contribution >= 4 is 5.97 Å². The van der Waals surface area contributed by atoms with Gasteiger partial charge in [-0.3, -0.25) is 0 Å². The monoisotopic (exact) mass is 517 g/mol. The van der Waals surface area contributed by atoms with Gasteiger partial charge in [-0.1, -0.05) is 32.3 Å². The molecular formula is C29H47N3O5. The molecule has 1 saturated heterocycles. The van der Waals surface area contributed by atoms with Crippen molar-refractivity contribution in [2.75, 3.05) is 6.61 Å². The highest BCUT2D eigenvalue weighted by Crippen LogP contribution is 2.58. The minimum atomic E-state index is -0.746. The Morgan fingerprint density at radius 1 is 1.19 bits per heavy atom. The van der Waals surface area contributed by atoms with Crippen LogP contribution < -0.4 is 0 Å². The predicted molar refractivity (Wildman–Crippen MR) is 141 cm³/mol. The summed E-state index contributed by atoms with van der Waals surface area (Å²) in [5, 5.41) is 15.3. The number of hydrogen-bond donors (Lipinski definition) is 1. The summed E-state index contributed by atoms with van der Waals surface area (Å²) >= 11 is 0. The molecule has 2 aliphatic heterocycles. The van der Waals surface area contributed by atoms with Crippen molar-refractivity contribution in [2.45, 2.75) is 135 Å². The molecule has 208 valence electrons. The van der Waals surface area contributed by atoms with Crippen LogP contribution in [0.3, 0.4) is 0 Å². The standard InChI is InChI=1S/C29H47N3O5/c1-6-21(9-15-28(4)23(12-16-29(28,5)34)20-17-25(33)35-18-20)27(3)13-10-22(11-14-27)37-26-8-7-24(31-32-30)19(2)36-26/h17,19,21-24,26,34H,6-16,18H2,1-5H3/t19?,21?,22?,23-,24-,26?,27?,28?,29-/m1/s1. The van der Waals surface area contributed by atoms with Crippen LogP contribution in [0.1, 0.15) is 105 Å². The smallest absolute Gasteiger partial charge is 0.331 e. The molecule has 2 aliphatic carbocycles. The van der Waals surface area contributed by atoms with Crippen LogP contribution in [0.15, 0.2) is 16.8 Å². The molecule has 0 amide bonds. The van der Waals surface area contributed by atoms with E-state index in [0.717, 1.165) is 76.2 Å². The lowest BCUT2D eigenvalue weighted by atomic mass is 9.60. The number of nitrogens with zero attached hydrogens (tertiary/aromatic N) is 3. The van der Waals surface area contributed by atoms with Crippen molar-refractivity contribution in [2.24, 2.45) is 27.8 Å². The Hall–Kier alpha value is -1.60. The van der Waals surface area contributed by atoms with Gasteiger partial charge in [-0.15, -0.1) is 0 Å². The van der Waals surface area contributed by atoms with Crippen LogP contribution in [-0.4, -0.2) is 47.8 Å². The maximum atomic E-state index is 11.8. The van der Waals surface area contributed by atoms with Crippen molar-refractivity contribution in [3.63, 3.8) is 0 Å². The van der Waals surface area contributed by atoms with Gasteiger partial charge in [0.15, 0.2) is 6.29 Å². The molecule has 2 saturated carbocycles. The first kappa shape index (κ1) is 28.4. The van der Waals surface area contributed by atoms with Gasteiger partial charge in [-0.05, 0) is 106 Å². The first-order valence-corrected chi connectivity index (χ1v) is 14.5. The first-order valence-electron chi connectivity index (χ1n) is 14.5. The third kappa shape index (κ3) is 5.88. The summed E-state index contributed by atoms with van der Waals surface area (Å²) < 4.78 is 17.6. The van der Waals surface area contributed by atoms with Crippen LogP contribution in [0.25, 0.3) is 10.4 Å². The highest BCUT2D eigenvalue weighted by molar-refractivity contribution is 5.85. The molecule has 0 spiro atoms. The summed E-state index contributed by atoms with van der Waals surface area (Å²) in [6.07, 6.45) is 12.3. The molecule has 4 unspecified atom stereocenters. The zero-order valence-corrected chi connectivity index (χ0v) is 23.4. The van der Waals surface area contributed by atoms with Gasteiger partial charge in [0.25, 0.3) is 0 Å². The van der Waals surface area contributed by atoms with Gasteiger partial charge in [-0.2, -0.15) is 0 Å². The zero-order valence-electron chi connectivity index (χ0n) is 23.4. The number of esters is 1. The van der Waals surface area contributed by atoms with E-state index in [0.29, 0.717) is 12.5 Å². The maximum absolute atomic E-state index is 11.8. The average Bonchev–Trinajstić information content (AvgIpc) is 3.37. The number of hydrogen-bond acceptors (Lipinski definition) is 6. The van der Waals surface area contributed by atoms with Gasteiger partial charge in [-0.25, -0.2) is 4.79 Å². The van der Waals surface area contributed by atoms with E-state index in [1.54, 1.807) is 6.08 Å². The molecule has 37 heavy (non-hydrogen) atoms. The molecule has 7 atom stereocenters. The Bertz CT molecular complexity index is 905. The molecular weight excluding hydrogens is 470 g/mol. The van der Waals surface area contributed by atoms with Crippen molar-refractivity contribution in [1.82, 2.24) is 0 Å². The Morgan fingerprint density at radius 3 is 2.51 bits per heavy atom. The number of carbonyl (C=O) groups is 1. The minimum absolute atomic E-state index is 0.107. The summed E-state index contributed by atoms with van der Waals surface area (Å²) in [6, 6.07) is -0.107. The van der Waals surface area contributed by atoms with Crippen molar-refractivity contribution < 1.29 is 24.1 Å². The van der Waals surface area contributed by atoms with E-state index in [4.69, 9.17) is 19.7 Å². The van der Waals surface area contributed by atoms with Gasteiger partial charge in [0.05, 0.1) is 23.9 Å². The van der Waals surface area contributed by atoms with Crippen LogP contribution in [0.5, 0.6) is 0 Å². The van der Waals surface area contributed by atoms with Crippen molar-refractivity contribution in [3.8, 4) is 0 Å². The molecule has 8 nitrogen and oxygen atoms in total. The Morgan fingerprint density at radius 2 is 1.92 bits per heavy atom. The molecule has 0 bridgehead atoms. The van der Waals surface area contributed by atoms with Crippen LogP contribution >= 0.6 is 0 Å². The SMILES string of the molecule is CCC(CCC1(C)[C@@H](C2=CC(=O)OC2)CC[C@@]1(C)O)C1(C)CCC(OC2CC[C@@H](N=[N+]=[N-])C(C)O2)CC1. The van der Waals surface area contributed by atoms with Crippen LogP contribution in [-0.2, 0) is 19.0 Å². The molecule has 1 N–H and O–H groups in total. The fraction of sp³-hybridized carbons (Fsp3) is 0.897. The lowest BCUT2D eigenvalue weighted by Crippen LogP contribution is -2.44. The van der Waals surface area contributed by atoms with Gasteiger partial charge >= 0.3 is 5.97 Å². The fourth-order valence-electron chi connectivity index (χ4n) is 7.82. The van der Waals surface area contributed by atoms with Gasteiger partial charge in [0.1, 0.15) is 6.61 Å². The molecule has 4 rings (SSSR count). The minimum Gasteiger partial charge on any atom is -0.458 e. The summed E-state index contributed by atoms with van der Waals surface area (Å²) in [5.74, 6) is 0.526. The van der Waals surface area contributed by atoms with Crippen LogP contribution in [0.4, 0.5) is 0 Å². The van der Waals surface area contributed by atoms with E-state index in [1.807, 2.05) is 13.8 Å². The molecule has 0 aromatic rings. The van der Waals surface area contributed by atoms with Crippen molar-refractivity contribution in [3.05, 3.63) is 22.1 Å². The van der Waals surface area contributed by atoms with Crippen LogP contribution in [0.2, 0.25) is 0 Å². The van der Waals surface area contributed by atoms with E-state index in [2.05, 4.69) is 30.8 Å². The van der Waals surface area contributed by atoms with Crippen molar-refractivity contribution in [1.29, 1.82) is 0 Å². The highest BCUT2D eigenvalue weighted by atomic mass is 16.7. The first-order chi connectivity index (χ1) is 17.5. The van der Waals surface area contributed by atoms with E-state index in [-0.39, 0.29) is 47.3 Å². The normalized spacial score (nSPS) is 43.1. The fourth-order valence-corrected chi connectivity index (χ4v) is 7.82. The van der Waals surface area contributed by atoms with Crippen LogP contribution in [0, 0.1) is 22.7 Å². The Balaban J connectivity index is 1.33.